The fraction of sp³-hybridized carbons (Fsp3) is 0.857. The molecule has 0 aromatic carbocycles. The number of hydrogen-bond acceptors (Lipinski definition) is 5. The lowest BCUT2D eigenvalue weighted by Gasteiger charge is -2.26. The summed E-state index contributed by atoms with van der Waals surface area (Å²) in [5.41, 5.74) is -1.06. The van der Waals surface area contributed by atoms with Gasteiger partial charge in [-0.25, -0.2) is 4.79 Å². The van der Waals surface area contributed by atoms with Gasteiger partial charge in [-0.3, -0.25) is 9.59 Å². The van der Waals surface area contributed by atoms with Gasteiger partial charge in [0.05, 0.1) is 5.92 Å². The molecular weight excluding hydrogens is 360 g/mol. The van der Waals surface area contributed by atoms with Gasteiger partial charge in [0.1, 0.15) is 11.2 Å². The van der Waals surface area contributed by atoms with Crippen LogP contribution in [0.25, 0.3) is 0 Å². The molecule has 28 heavy (non-hydrogen) atoms. The molecule has 0 aromatic heterocycles. The molecule has 0 spiro atoms. The van der Waals surface area contributed by atoms with Crippen molar-refractivity contribution in [2.24, 2.45) is 5.92 Å². The Bertz CT molecular complexity index is 506. The molecule has 1 unspecified atom stereocenters. The number of amides is 2. The van der Waals surface area contributed by atoms with Crippen molar-refractivity contribution >= 4 is 18.0 Å². The molecule has 0 fully saturated rings. The number of esters is 1. The quantitative estimate of drug-likeness (QED) is 0.444. The number of nitrogens with zero attached hydrogens (tertiary/aromatic N) is 1. The first-order valence-corrected chi connectivity index (χ1v) is 10.1. The molecule has 0 aromatic rings. The van der Waals surface area contributed by atoms with Crippen LogP contribution in [0, 0.1) is 5.92 Å². The zero-order valence-electron chi connectivity index (χ0n) is 19.0. The summed E-state index contributed by atoms with van der Waals surface area (Å²) in [5.74, 6) is -0.468. The zero-order valence-corrected chi connectivity index (χ0v) is 19.0. The normalized spacial score (nSPS) is 12.9. The summed E-state index contributed by atoms with van der Waals surface area (Å²) in [6.07, 6.45) is 3.30. The summed E-state index contributed by atoms with van der Waals surface area (Å²) in [5, 5.41) is 2.76. The van der Waals surface area contributed by atoms with Crippen LogP contribution in [0.3, 0.4) is 0 Å². The topological polar surface area (TPSA) is 84.9 Å². The highest BCUT2D eigenvalue weighted by atomic mass is 16.6. The summed E-state index contributed by atoms with van der Waals surface area (Å²) in [6.45, 7) is 13.7. The number of nitrogens with one attached hydrogen (secondary N) is 1. The minimum absolute atomic E-state index is 0.0473. The average Bonchev–Trinajstić information content (AvgIpc) is 2.48. The second kappa shape index (κ2) is 11.9. The van der Waals surface area contributed by atoms with E-state index in [0.29, 0.717) is 32.4 Å². The van der Waals surface area contributed by atoms with Gasteiger partial charge in [-0.15, -0.1) is 0 Å². The highest BCUT2D eigenvalue weighted by Gasteiger charge is 2.25. The Labute approximate surface area is 170 Å². The second-order valence-electron chi connectivity index (χ2n) is 9.25. The first-order valence-electron chi connectivity index (χ1n) is 10.1. The maximum atomic E-state index is 12.5. The lowest BCUT2D eigenvalue weighted by molar-refractivity contribution is -0.160. The van der Waals surface area contributed by atoms with Crippen molar-refractivity contribution in [3.05, 3.63) is 0 Å². The lowest BCUT2D eigenvalue weighted by Crippen LogP contribution is -2.35. The number of carbonyl (C=O) groups is 3. The molecule has 0 radical (unpaired) electrons. The van der Waals surface area contributed by atoms with Crippen LogP contribution in [0.1, 0.15) is 80.6 Å². The summed E-state index contributed by atoms with van der Waals surface area (Å²) < 4.78 is 10.9. The van der Waals surface area contributed by atoms with Crippen LogP contribution in [-0.2, 0) is 19.1 Å². The molecule has 0 saturated carbocycles. The Morgan fingerprint density at radius 1 is 0.893 bits per heavy atom. The molecule has 0 aliphatic carbocycles. The number of rotatable bonds is 10. The minimum Gasteiger partial charge on any atom is -0.460 e. The smallest absolute Gasteiger partial charge is 0.410 e. The van der Waals surface area contributed by atoms with E-state index in [1.54, 1.807) is 7.05 Å². The van der Waals surface area contributed by atoms with Gasteiger partial charge < -0.3 is 19.7 Å². The lowest BCUT2D eigenvalue weighted by atomic mass is 9.96. The molecule has 7 nitrogen and oxygen atoms in total. The molecule has 0 saturated heterocycles. The highest BCUT2D eigenvalue weighted by Crippen LogP contribution is 2.21. The summed E-state index contributed by atoms with van der Waals surface area (Å²) >= 11 is 0. The van der Waals surface area contributed by atoms with E-state index >= 15 is 0 Å². The first-order chi connectivity index (χ1) is 12.7. The molecule has 7 heteroatoms. The molecule has 0 bridgehead atoms. The van der Waals surface area contributed by atoms with E-state index in [0.717, 1.165) is 12.8 Å². The second-order valence-corrected chi connectivity index (χ2v) is 9.25. The Balaban J connectivity index is 4.56. The standard InChI is InChI=1S/C21H40N2O5/c1-16(24)22-14-10-9-12-17(18(25)27-20(2,3)4)13-11-15-23(8)19(26)28-21(5,6)7/h17H,9-15H2,1-8H3,(H,22,24). The van der Waals surface area contributed by atoms with E-state index < -0.39 is 11.2 Å². The van der Waals surface area contributed by atoms with Crippen molar-refractivity contribution in [2.75, 3.05) is 20.1 Å². The predicted molar refractivity (Wildman–Crippen MR) is 110 cm³/mol. The average molecular weight is 401 g/mol. The third-order valence-electron chi connectivity index (χ3n) is 3.84. The fourth-order valence-electron chi connectivity index (χ4n) is 2.55. The van der Waals surface area contributed by atoms with Crippen LogP contribution in [0.2, 0.25) is 0 Å². The van der Waals surface area contributed by atoms with Crippen LogP contribution in [0.5, 0.6) is 0 Å². The molecule has 0 heterocycles. The molecule has 0 aliphatic heterocycles. The monoisotopic (exact) mass is 400 g/mol. The van der Waals surface area contributed by atoms with Gasteiger partial charge in [0, 0.05) is 27.1 Å². The third-order valence-corrected chi connectivity index (χ3v) is 3.84. The van der Waals surface area contributed by atoms with Crippen molar-refractivity contribution in [1.82, 2.24) is 10.2 Å². The molecule has 0 aliphatic rings. The van der Waals surface area contributed by atoms with E-state index in [1.165, 1.54) is 11.8 Å². The number of ether oxygens (including phenoxy) is 2. The van der Waals surface area contributed by atoms with E-state index in [2.05, 4.69) is 5.32 Å². The maximum Gasteiger partial charge on any atom is 0.410 e. The number of carbonyl (C=O) groups excluding carboxylic acids is 3. The Morgan fingerprint density at radius 2 is 1.43 bits per heavy atom. The van der Waals surface area contributed by atoms with Crippen LogP contribution < -0.4 is 5.32 Å². The van der Waals surface area contributed by atoms with Gasteiger partial charge in [0.2, 0.25) is 5.91 Å². The largest absolute Gasteiger partial charge is 0.460 e. The molecule has 164 valence electrons. The van der Waals surface area contributed by atoms with Crippen LogP contribution >= 0.6 is 0 Å². The van der Waals surface area contributed by atoms with Crippen LogP contribution in [0.4, 0.5) is 4.79 Å². The van der Waals surface area contributed by atoms with E-state index in [9.17, 15) is 14.4 Å². The van der Waals surface area contributed by atoms with Crippen LogP contribution in [0.15, 0.2) is 0 Å². The summed E-state index contributed by atoms with van der Waals surface area (Å²) in [7, 11) is 1.70. The van der Waals surface area contributed by atoms with Gasteiger partial charge in [-0.05, 0) is 67.2 Å². The van der Waals surface area contributed by atoms with Crippen molar-refractivity contribution < 1.29 is 23.9 Å². The minimum atomic E-state index is -0.529. The Hall–Kier alpha value is -1.79. The van der Waals surface area contributed by atoms with E-state index in [-0.39, 0.29) is 23.9 Å². The first kappa shape index (κ1) is 26.2. The molecule has 1 atom stereocenters. The van der Waals surface area contributed by atoms with Gasteiger partial charge in [0.15, 0.2) is 0 Å². The molecule has 2 amide bonds. The Morgan fingerprint density at radius 3 is 1.93 bits per heavy atom. The van der Waals surface area contributed by atoms with Gasteiger partial charge in [0.25, 0.3) is 0 Å². The van der Waals surface area contributed by atoms with Crippen LogP contribution in [-0.4, -0.2) is 54.2 Å². The van der Waals surface area contributed by atoms with Crippen molar-refractivity contribution in [1.29, 1.82) is 0 Å². The molecular formula is C21H40N2O5. The summed E-state index contributed by atoms with van der Waals surface area (Å²) in [4.78, 5) is 37.0. The van der Waals surface area contributed by atoms with E-state index in [1.807, 2.05) is 41.5 Å². The number of hydrogen-bond donors (Lipinski definition) is 1. The van der Waals surface area contributed by atoms with Crippen molar-refractivity contribution in [3.63, 3.8) is 0 Å². The highest BCUT2D eigenvalue weighted by molar-refractivity contribution is 5.73. The SMILES string of the molecule is CC(=O)NCCCCC(CCCN(C)C(=O)OC(C)(C)C)C(=O)OC(C)(C)C. The number of unbranched alkanes of at least 4 members (excludes halogenated alkanes) is 1. The van der Waals surface area contributed by atoms with E-state index in [4.69, 9.17) is 9.47 Å². The van der Waals surface area contributed by atoms with Crippen molar-refractivity contribution in [2.45, 2.75) is 91.8 Å². The zero-order chi connectivity index (χ0) is 22.0. The summed E-state index contributed by atoms with van der Waals surface area (Å²) in [6, 6.07) is 0. The van der Waals surface area contributed by atoms with Crippen molar-refractivity contribution in [3.8, 4) is 0 Å². The third kappa shape index (κ3) is 14.3. The van der Waals surface area contributed by atoms with Gasteiger partial charge in [-0.1, -0.05) is 6.42 Å². The fourth-order valence-corrected chi connectivity index (χ4v) is 2.55. The maximum absolute atomic E-state index is 12.5. The van der Waals surface area contributed by atoms with Gasteiger partial charge >= 0.3 is 12.1 Å². The van der Waals surface area contributed by atoms with Gasteiger partial charge in [-0.2, -0.15) is 0 Å². The Kier molecular flexibility index (Phi) is 11.2. The predicted octanol–water partition coefficient (Wildman–Crippen LogP) is 3.90. The molecule has 1 N–H and O–H groups in total. The molecule has 0 rings (SSSR count).